The molecule has 0 saturated carbocycles. The van der Waals surface area contributed by atoms with Crippen LogP contribution in [0.15, 0.2) is 18.2 Å². The monoisotopic (exact) mass is 251 g/mol. The first-order valence-corrected chi connectivity index (χ1v) is 6.33. The van der Waals surface area contributed by atoms with Gasteiger partial charge in [-0.2, -0.15) is 0 Å². The van der Waals surface area contributed by atoms with E-state index in [-0.39, 0.29) is 17.6 Å². The van der Waals surface area contributed by atoms with Crippen molar-refractivity contribution in [3.05, 3.63) is 35.1 Å². The second-order valence-electron chi connectivity index (χ2n) is 4.66. The van der Waals surface area contributed by atoms with E-state index in [0.29, 0.717) is 6.54 Å². The van der Waals surface area contributed by atoms with Gasteiger partial charge in [0.25, 0.3) is 5.91 Å². The summed E-state index contributed by atoms with van der Waals surface area (Å²) in [6.07, 6.45) is 3.17. The molecule has 1 amide bonds. The standard InChI is InChI=1S/C14H18FNO2/c1-10-4-5-13(15)12(9-10)14(17)16-7-6-11-3-2-8-18-11/h4-5,9,11H,2-3,6-8H2,1H3,(H,16,17). The summed E-state index contributed by atoms with van der Waals surface area (Å²) in [5.41, 5.74) is 0.989. The second kappa shape index (κ2) is 5.96. The fourth-order valence-electron chi connectivity index (χ4n) is 2.13. The Bertz CT molecular complexity index is 428. The molecule has 2 rings (SSSR count). The molecule has 1 saturated heterocycles. The van der Waals surface area contributed by atoms with Gasteiger partial charge < -0.3 is 10.1 Å². The van der Waals surface area contributed by atoms with Crippen LogP contribution >= 0.6 is 0 Å². The lowest BCUT2D eigenvalue weighted by Gasteiger charge is -2.10. The molecule has 1 aliphatic rings. The van der Waals surface area contributed by atoms with E-state index in [1.54, 1.807) is 12.1 Å². The second-order valence-corrected chi connectivity index (χ2v) is 4.66. The van der Waals surface area contributed by atoms with E-state index in [2.05, 4.69) is 5.32 Å². The van der Waals surface area contributed by atoms with Crippen molar-refractivity contribution in [2.24, 2.45) is 0 Å². The third-order valence-corrected chi connectivity index (χ3v) is 3.14. The topological polar surface area (TPSA) is 38.3 Å². The van der Waals surface area contributed by atoms with Crippen LogP contribution in [0, 0.1) is 12.7 Å². The first-order chi connectivity index (χ1) is 8.66. The van der Waals surface area contributed by atoms with Crippen molar-refractivity contribution in [3.8, 4) is 0 Å². The van der Waals surface area contributed by atoms with Crippen LogP contribution in [0.4, 0.5) is 4.39 Å². The van der Waals surface area contributed by atoms with Gasteiger partial charge in [-0.05, 0) is 38.3 Å². The van der Waals surface area contributed by atoms with Gasteiger partial charge >= 0.3 is 0 Å². The van der Waals surface area contributed by atoms with E-state index >= 15 is 0 Å². The highest BCUT2D eigenvalue weighted by atomic mass is 19.1. The van der Waals surface area contributed by atoms with Crippen molar-refractivity contribution in [1.29, 1.82) is 0 Å². The molecule has 1 aliphatic heterocycles. The van der Waals surface area contributed by atoms with E-state index in [1.165, 1.54) is 6.07 Å². The molecule has 0 aliphatic carbocycles. The average molecular weight is 251 g/mol. The van der Waals surface area contributed by atoms with Gasteiger partial charge in [-0.3, -0.25) is 4.79 Å². The normalized spacial score (nSPS) is 18.9. The van der Waals surface area contributed by atoms with E-state index < -0.39 is 5.82 Å². The summed E-state index contributed by atoms with van der Waals surface area (Å²) in [4.78, 5) is 11.8. The Morgan fingerprint density at radius 3 is 3.11 bits per heavy atom. The molecule has 4 heteroatoms. The van der Waals surface area contributed by atoms with Crippen molar-refractivity contribution in [2.75, 3.05) is 13.2 Å². The lowest BCUT2D eigenvalue weighted by atomic mass is 10.1. The molecule has 98 valence electrons. The third kappa shape index (κ3) is 3.29. The Morgan fingerprint density at radius 2 is 2.39 bits per heavy atom. The summed E-state index contributed by atoms with van der Waals surface area (Å²) in [7, 11) is 0. The molecule has 0 spiro atoms. The minimum atomic E-state index is -0.477. The molecule has 1 heterocycles. The largest absolute Gasteiger partial charge is 0.378 e. The molecule has 0 aromatic heterocycles. The third-order valence-electron chi connectivity index (χ3n) is 3.14. The maximum Gasteiger partial charge on any atom is 0.254 e. The Kier molecular flexibility index (Phi) is 4.31. The van der Waals surface area contributed by atoms with Crippen LogP contribution in [-0.2, 0) is 4.74 Å². The van der Waals surface area contributed by atoms with Crippen LogP contribution in [-0.4, -0.2) is 25.2 Å². The average Bonchev–Trinajstić information content (AvgIpc) is 2.85. The Labute approximate surface area is 106 Å². The number of carbonyl (C=O) groups is 1. The van der Waals surface area contributed by atoms with Crippen molar-refractivity contribution in [1.82, 2.24) is 5.32 Å². The molecule has 0 bridgehead atoms. The summed E-state index contributed by atoms with van der Waals surface area (Å²) in [6, 6.07) is 4.54. The van der Waals surface area contributed by atoms with Gasteiger partial charge in [0.05, 0.1) is 11.7 Å². The van der Waals surface area contributed by atoms with Crippen molar-refractivity contribution in [2.45, 2.75) is 32.3 Å². The molecule has 18 heavy (non-hydrogen) atoms. The molecule has 1 atom stereocenters. The summed E-state index contributed by atoms with van der Waals surface area (Å²) < 4.78 is 18.9. The van der Waals surface area contributed by atoms with Crippen LogP contribution in [0.25, 0.3) is 0 Å². The predicted octanol–water partition coefficient (Wildman–Crippen LogP) is 2.43. The van der Waals surface area contributed by atoms with E-state index in [1.807, 2.05) is 6.92 Å². The number of amides is 1. The number of nitrogens with one attached hydrogen (secondary N) is 1. The van der Waals surface area contributed by atoms with Crippen LogP contribution < -0.4 is 5.32 Å². The maximum absolute atomic E-state index is 13.5. The van der Waals surface area contributed by atoms with Gasteiger partial charge in [-0.25, -0.2) is 4.39 Å². The van der Waals surface area contributed by atoms with Gasteiger partial charge in [0.1, 0.15) is 5.82 Å². The molecule has 1 unspecified atom stereocenters. The number of halogens is 1. The predicted molar refractivity (Wildman–Crippen MR) is 67.1 cm³/mol. The zero-order chi connectivity index (χ0) is 13.0. The number of aryl methyl sites for hydroxylation is 1. The van der Waals surface area contributed by atoms with Gasteiger partial charge in [-0.1, -0.05) is 11.6 Å². The van der Waals surface area contributed by atoms with Gasteiger partial charge in [0, 0.05) is 13.2 Å². The number of ether oxygens (including phenoxy) is 1. The highest BCUT2D eigenvalue weighted by Crippen LogP contribution is 2.15. The number of benzene rings is 1. The molecule has 1 aromatic rings. The van der Waals surface area contributed by atoms with E-state index in [4.69, 9.17) is 4.74 Å². The summed E-state index contributed by atoms with van der Waals surface area (Å²) >= 11 is 0. The van der Waals surface area contributed by atoms with Gasteiger partial charge in [0.15, 0.2) is 0 Å². The SMILES string of the molecule is Cc1ccc(F)c(C(=O)NCCC2CCCO2)c1. The van der Waals surface area contributed by atoms with Gasteiger partial charge in [-0.15, -0.1) is 0 Å². The zero-order valence-electron chi connectivity index (χ0n) is 10.5. The fourth-order valence-corrected chi connectivity index (χ4v) is 2.13. The van der Waals surface area contributed by atoms with Crippen LogP contribution in [0.2, 0.25) is 0 Å². The minimum absolute atomic E-state index is 0.113. The number of carbonyl (C=O) groups excluding carboxylic acids is 1. The Hall–Kier alpha value is -1.42. The maximum atomic E-state index is 13.5. The molecule has 1 aromatic carbocycles. The first-order valence-electron chi connectivity index (χ1n) is 6.33. The molecular formula is C14H18FNO2. The smallest absolute Gasteiger partial charge is 0.254 e. The quantitative estimate of drug-likeness (QED) is 0.892. The first kappa shape index (κ1) is 13.0. The van der Waals surface area contributed by atoms with Crippen LogP contribution in [0.3, 0.4) is 0 Å². The lowest BCUT2D eigenvalue weighted by Crippen LogP contribution is -2.27. The Morgan fingerprint density at radius 1 is 1.56 bits per heavy atom. The Balaban J connectivity index is 1.85. The lowest BCUT2D eigenvalue weighted by molar-refractivity contribution is 0.0904. The summed E-state index contributed by atoms with van der Waals surface area (Å²) in [5, 5.41) is 2.73. The van der Waals surface area contributed by atoms with Crippen molar-refractivity contribution >= 4 is 5.91 Å². The highest BCUT2D eigenvalue weighted by molar-refractivity contribution is 5.94. The molecule has 0 radical (unpaired) electrons. The van der Waals surface area contributed by atoms with E-state index in [0.717, 1.165) is 31.4 Å². The molecule has 3 nitrogen and oxygen atoms in total. The van der Waals surface area contributed by atoms with Crippen molar-refractivity contribution in [3.63, 3.8) is 0 Å². The number of rotatable bonds is 4. The van der Waals surface area contributed by atoms with Gasteiger partial charge in [0.2, 0.25) is 0 Å². The molecule has 1 N–H and O–H groups in total. The van der Waals surface area contributed by atoms with Crippen LogP contribution in [0.5, 0.6) is 0 Å². The zero-order valence-corrected chi connectivity index (χ0v) is 10.5. The number of hydrogen-bond donors (Lipinski definition) is 1. The number of hydrogen-bond acceptors (Lipinski definition) is 2. The van der Waals surface area contributed by atoms with E-state index in [9.17, 15) is 9.18 Å². The van der Waals surface area contributed by atoms with Crippen LogP contribution in [0.1, 0.15) is 35.2 Å². The summed E-state index contributed by atoms with van der Waals surface area (Å²) in [6.45, 7) is 3.17. The molecular weight excluding hydrogens is 233 g/mol. The van der Waals surface area contributed by atoms with Crippen molar-refractivity contribution < 1.29 is 13.9 Å². The summed E-state index contributed by atoms with van der Waals surface area (Å²) in [5.74, 6) is -0.829. The molecule has 1 fully saturated rings. The highest BCUT2D eigenvalue weighted by Gasteiger charge is 2.16. The fraction of sp³-hybridized carbons (Fsp3) is 0.500. The minimum Gasteiger partial charge on any atom is -0.378 e.